The number of phenolic OH excluding ortho intramolecular Hbond substituents is 1. The summed E-state index contributed by atoms with van der Waals surface area (Å²) < 4.78 is 5.44. The summed E-state index contributed by atoms with van der Waals surface area (Å²) >= 11 is 0. The van der Waals surface area contributed by atoms with Gasteiger partial charge < -0.3 is 14.6 Å². The van der Waals surface area contributed by atoms with Crippen molar-refractivity contribution in [2.75, 3.05) is 0 Å². The summed E-state index contributed by atoms with van der Waals surface area (Å²) in [6.07, 6.45) is 0.279. The smallest absolute Gasteiger partial charge is 0.336 e. The van der Waals surface area contributed by atoms with Gasteiger partial charge >= 0.3 is 11.6 Å². The van der Waals surface area contributed by atoms with Crippen molar-refractivity contribution in [2.45, 2.75) is 19.0 Å². The fourth-order valence-electron chi connectivity index (χ4n) is 3.62. The van der Waals surface area contributed by atoms with E-state index in [1.807, 2.05) is 60.7 Å². The van der Waals surface area contributed by atoms with E-state index < -0.39 is 17.6 Å². The molecule has 1 atom stereocenters. The first-order chi connectivity index (χ1) is 15.0. The van der Waals surface area contributed by atoms with E-state index in [4.69, 9.17) is 4.42 Å². The number of benzene rings is 3. The third-order valence-corrected chi connectivity index (χ3v) is 5.18. The van der Waals surface area contributed by atoms with Crippen LogP contribution in [0.5, 0.6) is 5.75 Å². The van der Waals surface area contributed by atoms with E-state index >= 15 is 0 Å². The summed E-state index contributed by atoms with van der Waals surface area (Å²) in [5, 5.41) is 23.7. The van der Waals surface area contributed by atoms with Crippen LogP contribution in [0.3, 0.4) is 0 Å². The van der Waals surface area contributed by atoms with Gasteiger partial charge in [-0.3, -0.25) is 10.1 Å². The molecule has 0 saturated carbocycles. The topological polar surface area (TPSA) is 99.8 Å². The predicted molar refractivity (Wildman–Crippen MR) is 118 cm³/mol. The highest BCUT2D eigenvalue weighted by Gasteiger charge is 2.20. The third-order valence-electron chi connectivity index (χ3n) is 5.18. The average molecular weight is 415 g/mol. The van der Waals surface area contributed by atoms with Gasteiger partial charge in [0.15, 0.2) is 0 Å². The molecule has 4 rings (SSSR count). The fourth-order valence-corrected chi connectivity index (χ4v) is 3.62. The van der Waals surface area contributed by atoms with Crippen molar-refractivity contribution in [3.63, 3.8) is 0 Å². The molecule has 6 nitrogen and oxygen atoms in total. The number of rotatable bonds is 7. The van der Waals surface area contributed by atoms with E-state index in [2.05, 4.69) is 5.32 Å². The SMILES string of the molecule is O=C(O)[C@H](Cc1ccccc1)NCc1c(O)ccc2c(-c3ccccc3)cc(=O)oc12. The van der Waals surface area contributed by atoms with Gasteiger partial charge in [-0.25, -0.2) is 4.79 Å². The molecule has 6 heteroatoms. The van der Waals surface area contributed by atoms with E-state index in [0.717, 1.165) is 11.1 Å². The molecule has 0 spiro atoms. The number of aliphatic carboxylic acids is 1. The number of hydrogen-bond donors (Lipinski definition) is 3. The standard InChI is InChI=1S/C25H21NO5/c27-22-12-11-18-19(17-9-5-2-6-10-17)14-23(28)31-24(18)20(22)15-26-21(25(29)30)13-16-7-3-1-4-8-16/h1-12,14,21,26-27H,13,15H2,(H,29,30)/t21-/m0/s1. The van der Waals surface area contributed by atoms with Crippen LogP contribution >= 0.6 is 0 Å². The second-order valence-electron chi connectivity index (χ2n) is 7.25. The largest absolute Gasteiger partial charge is 0.507 e. The van der Waals surface area contributed by atoms with Crippen molar-refractivity contribution in [3.05, 3.63) is 100 Å². The Morgan fingerprint density at radius 1 is 0.968 bits per heavy atom. The Hall–Kier alpha value is -3.90. The Kier molecular flexibility index (Phi) is 5.82. The van der Waals surface area contributed by atoms with E-state index in [-0.39, 0.29) is 24.3 Å². The lowest BCUT2D eigenvalue weighted by Gasteiger charge is -2.16. The normalized spacial score (nSPS) is 12.0. The molecule has 1 heterocycles. The zero-order valence-electron chi connectivity index (χ0n) is 16.6. The van der Waals surface area contributed by atoms with Crippen molar-refractivity contribution < 1.29 is 19.4 Å². The maximum Gasteiger partial charge on any atom is 0.336 e. The van der Waals surface area contributed by atoms with Crippen LogP contribution in [0.2, 0.25) is 0 Å². The first-order valence-corrected chi connectivity index (χ1v) is 9.87. The molecule has 0 bridgehead atoms. The van der Waals surface area contributed by atoms with Crippen LogP contribution in [0, 0.1) is 0 Å². The minimum Gasteiger partial charge on any atom is -0.507 e. The number of phenols is 1. The number of carboxylic acid groups (broad SMARTS) is 1. The van der Waals surface area contributed by atoms with Gasteiger partial charge in [0.25, 0.3) is 0 Å². The number of carbonyl (C=O) groups is 1. The zero-order chi connectivity index (χ0) is 21.8. The monoisotopic (exact) mass is 415 g/mol. The van der Waals surface area contributed by atoms with Crippen LogP contribution in [0.15, 0.2) is 88.1 Å². The molecule has 4 aromatic rings. The van der Waals surface area contributed by atoms with E-state index in [9.17, 15) is 19.8 Å². The van der Waals surface area contributed by atoms with Gasteiger partial charge in [0.1, 0.15) is 17.4 Å². The highest BCUT2D eigenvalue weighted by Crippen LogP contribution is 2.33. The second-order valence-corrected chi connectivity index (χ2v) is 7.25. The van der Waals surface area contributed by atoms with Crippen LogP contribution < -0.4 is 10.9 Å². The number of aromatic hydroxyl groups is 1. The van der Waals surface area contributed by atoms with Gasteiger partial charge in [-0.15, -0.1) is 0 Å². The predicted octanol–water partition coefficient (Wildman–Crippen LogP) is 3.95. The fraction of sp³-hybridized carbons (Fsp3) is 0.120. The summed E-state index contributed by atoms with van der Waals surface area (Å²) in [7, 11) is 0. The maximum absolute atomic E-state index is 12.3. The molecule has 0 aliphatic rings. The molecule has 0 saturated heterocycles. The molecule has 0 unspecified atom stereocenters. The molecule has 0 radical (unpaired) electrons. The Morgan fingerprint density at radius 3 is 2.32 bits per heavy atom. The summed E-state index contributed by atoms with van der Waals surface area (Å²) in [5.74, 6) is -1.08. The van der Waals surface area contributed by atoms with Gasteiger partial charge in [0.05, 0.1) is 5.56 Å². The zero-order valence-corrected chi connectivity index (χ0v) is 16.6. The minimum absolute atomic E-state index is 0.0220. The van der Waals surface area contributed by atoms with E-state index in [1.165, 1.54) is 12.1 Å². The number of hydrogen-bond acceptors (Lipinski definition) is 5. The highest BCUT2D eigenvalue weighted by molar-refractivity contribution is 5.95. The molecular formula is C25H21NO5. The van der Waals surface area contributed by atoms with E-state index in [0.29, 0.717) is 16.5 Å². The summed E-state index contributed by atoms with van der Waals surface area (Å²) in [6.45, 7) is 0.0220. The molecule has 31 heavy (non-hydrogen) atoms. The van der Waals surface area contributed by atoms with Crippen molar-refractivity contribution >= 4 is 16.9 Å². The molecule has 156 valence electrons. The summed E-state index contributed by atoms with van der Waals surface area (Å²) in [5.41, 5.74) is 2.44. The minimum atomic E-state index is -1.00. The van der Waals surface area contributed by atoms with Crippen LogP contribution in [0.25, 0.3) is 22.1 Å². The summed E-state index contributed by atoms with van der Waals surface area (Å²) in [4.78, 5) is 24.0. The molecule has 0 fully saturated rings. The van der Waals surface area contributed by atoms with Crippen molar-refractivity contribution in [1.82, 2.24) is 5.32 Å². The molecule has 0 aliphatic carbocycles. The highest BCUT2D eigenvalue weighted by atomic mass is 16.4. The molecule has 1 aromatic heterocycles. The Bertz CT molecular complexity index is 1270. The van der Waals surface area contributed by atoms with Crippen molar-refractivity contribution in [3.8, 4) is 16.9 Å². The van der Waals surface area contributed by atoms with E-state index in [1.54, 1.807) is 6.07 Å². The second kappa shape index (κ2) is 8.85. The van der Waals surface area contributed by atoms with Crippen LogP contribution in [-0.4, -0.2) is 22.2 Å². The Morgan fingerprint density at radius 2 is 1.65 bits per heavy atom. The average Bonchev–Trinajstić information content (AvgIpc) is 2.78. The van der Waals surface area contributed by atoms with Gasteiger partial charge in [-0.05, 0) is 35.2 Å². The van der Waals surface area contributed by atoms with Gasteiger partial charge in [0.2, 0.25) is 0 Å². The quantitative estimate of drug-likeness (QED) is 0.395. The molecule has 3 N–H and O–H groups in total. The number of carboxylic acids is 1. The number of fused-ring (bicyclic) bond motifs is 1. The van der Waals surface area contributed by atoms with Gasteiger partial charge in [0, 0.05) is 18.0 Å². The lowest BCUT2D eigenvalue weighted by atomic mass is 9.99. The first kappa shape index (κ1) is 20.4. The van der Waals surface area contributed by atoms with Crippen molar-refractivity contribution in [1.29, 1.82) is 0 Å². The molecular weight excluding hydrogens is 394 g/mol. The third kappa shape index (κ3) is 4.49. The summed E-state index contributed by atoms with van der Waals surface area (Å²) in [6, 6.07) is 22.5. The van der Waals surface area contributed by atoms with Gasteiger partial charge in [-0.2, -0.15) is 0 Å². The van der Waals surface area contributed by atoms with Crippen molar-refractivity contribution in [2.24, 2.45) is 0 Å². The van der Waals surface area contributed by atoms with Crippen LogP contribution in [0.4, 0.5) is 0 Å². The Balaban J connectivity index is 1.70. The lowest BCUT2D eigenvalue weighted by Crippen LogP contribution is -2.38. The Labute approximate surface area is 178 Å². The molecule has 0 amide bonds. The van der Waals surface area contributed by atoms with Crippen LogP contribution in [0.1, 0.15) is 11.1 Å². The molecule has 3 aromatic carbocycles. The first-order valence-electron chi connectivity index (χ1n) is 9.87. The number of nitrogens with one attached hydrogen (secondary N) is 1. The van der Waals surface area contributed by atoms with Crippen LogP contribution in [-0.2, 0) is 17.8 Å². The molecule has 0 aliphatic heterocycles. The maximum atomic E-state index is 12.3. The lowest BCUT2D eigenvalue weighted by molar-refractivity contribution is -0.139. The van der Waals surface area contributed by atoms with Gasteiger partial charge in [-0.1, -0.05) is 60.7 Å².